The average Bonchev–Trinajstić information content (AvgIpc) is 2.95. The van der Waals surface area contributed by atoms with Gasteiger partial charge >= 0.3 is 0 Å². The van der Waals surface area contributed by atoms with E-state index in [1.54, 1.807) is 7.11 Å². The van der Waals surface area contributed by atoms with Crippen LogP contribution < -0.4 is 11.3 Å². The summed E-state index contributed by atoms with van der Waals surface area (Å²) in [5, 5.41) is 0. The van der Waals surface area contributed by atoms with Crippen molar-refractivity contribution in [2.75, 3.05) is 53.1 Å². The number of ether oxygens (including phenoxy) is 2. The van der Waals surface area contributed by atoms with E-state index in [2.05, 4.69) is 20.2 Å². The molecule has 7 nitrogen and oxygen atoms in total. The number of aliphatic imine (C=N–C) groups is 1. The third kappa shape index (κ3) is 4.05. The largest absolute Gasteiger partial charge is 0.382 e. The Labute approximate surface area is 121 Å². The number of nitrogens with zero attached hydrogens (tertiary/aromatic N) is 3. The van der Waals surface area contributed by atoms with Crippen molar-refractivity contribution < 1.29 is 9.47 Å². The minimum Gasteiger partial charge on any atom is -0.382 e. The first kappa shape index (κ1) is 15.5. The maximum atomic E-state index is 5.62. The van der Waals surface area contributed by atoms with Gasteiger partial charge in [0.2, 0.25) is 5.96 Å². The minimum absolute atomic E-state index is 0.105. The normalized spacial score (nSPS) is 26.9. The van der Waals surface area contributed by atoms with Crippen molar-refractivity contribution in [2.45, 2.75) is 25.4 Å². The summed E-state index contributed by atoms with van der Waals surface area (Å²) >= 11 is 0. The number of morpholine rings is 1. The molecule has 3 N–H and O–H groups in total. The van der Waals surface area contributed by atoms with Gasteiger partial charge in [-0.05, 0) is 13.3 Å². The zero-order chi connectivity index (χ0) is 14.4. The number of hydrazine groups is 1. The van der Waals surface area contributed by atoms with E-state index in [-0.39, 0.29) is 6.04 Å². The van der Waals surface area contributed by atoms with Gasteiger partial charge in [0, 0.05) is 39.3 Å². The van der Waals surface area contributed by atoms with E-state index >= 15 is 0 Å². The third-order valence-corrected chi connectivity index (χ3v) is 3.90. The summed E-state index contributed by atoms with van der Waals surface area (Å²) in [6.07, 6.45) is 1.15. The second-order valence-electron chi connectivity index (χ2n) is 5.44. The molecule has 2 rings (SSSR count). The molecule has 0 saturated carbocycles. The lowest BCUT2D eigenvalue weighted by Gasteiger charge is -2.32. The summed E-state index contributed by atoms with van der Waals surface area (Å²) in [5.41, 5.74) is 2.73. The Morgan fingerprint density at radius 3 is 2.85 bits per heavy atom. The van der Waals surface area contributed by atoms with Crippen molar-refractivity contribution in [1.82, 2.24) is 15.2 Å². The molecule has 0 bridgehead atoms. The van der Waals surface area contributed by atoms with Gasteiger partial charge in [0.25, 0.3) is 0 Å². The zero-order valence-electron chi connectivity index (χ0n) is 12.5. The number of methoxy groups -OCH3 is 1. The number of hydrogen-bond acceptors (Lipinski definition) is 5. The molecule has 116 valence electrons. The lowest BCUT2D eigenvalue weighted by atomic mass is 10.2. The van der Waals surface area contributed by atoms with Crippen molar-refractivity contribution in [3.8, 4) is 0 Å². The van der Waals surface area contributed by atoms with Gasteiger partial charge in [-0.2, -0.15) is 0 Å². The first-order chi connectivity index (χ1) is 9.74. The van der Waals surface area contributed by atoms with Gasteiger partial charge in [-0.25, -0.2) is 10.8 Å². The first-order valence-electron chi connectivity index (χ1n) is 7.34. The highest BCUT2D eigenvalue weighted by Crippen LogP contribution is 2.17. The molecule has 0 amide bonds. The Kier molecular flexibility index (Phi) is 6.03. The molecule has 2 aliphatic heterocycles. The molecule has 2 aliphatic rings. The number of rotatable bonds is 4. The van der Waals surface area contributed by atoms with Crippen molar-refractivity contribution in [2.24, 2.45) is 10.8 Å². The fourth-order valence-corrected chi connectivity index (χ4v) is 2.87. The summed E-state index contributed by atoms with van der Waals surface area (Å²) in [6, 6.07) is 0.684. The Morgan fingerprint density at radius 2 is 2.20 bits per heavy atom. The second-order valence-corrected chi connectivity index (χ2v) is 5.44. The molecule has 0 aliphatic carbocycles. The predicted octanol–water partition coefficient (Wildman–Crippen LogP) is -0.753. The number of likely N-dealkylation sites (tertiary alicyclic amines) is 1. The van der Waals surface area contributed by atoms with Crippen LogP contribution in [-0.2, 0) is 9.47 Å². The quantitative estimate of drug-likeness (QED) is 0.306. The van der Waals surface area contributed by atoms with Crippen LogP contribution in [0.2, 0.25) is 0 Å². The molecule has 0 radical (unpaired) electrons. The van der Waals surface area contributed by atoms with E-state index in [4.69, 9.17) is 15.3 Å². The standard InChI is InChI=1S/C13H27N5O2/c1-11(10-19-2)15-13(16-14)18-4-3-12(9-18)17-5-7-20-8-6-17/h11-12H,3-10,14H2,1-2H3,(H,15,16). The number of hydrogen-bond donors (Lipinski definition) is 2. The molecule has 2 fully saturated rings. The maximum Gasteiger partial charge on any atom is 0.208 e. The van der Waals surface area contributed by atoms with E-state index in [0.29, 0.717) is 12.6 Å². The van der Waals surface area contributed by atoms with Crippen LogP contribution in [0.25, 0.3) is 0 Å². The molecule has 2 heterocycles. The third-order valence-electron chi connectivity index (χ3n) is 3.90. The SMILES string of the molecule is COCC(C)N=C(NN)N1CCC(N2CCOCC2)C1. The summed E-state index contributed by atoms with van der Waals surface area (Å²) in [5.74, 6) is 6.39. The molecule has 0 aromatic carbocycles. The summed E-state index contributed by atoms with van der Waals surface area (Å²) in [6.45, 7) is 8.34. The van der Waals surface area contributed by atoms with Crippen LogP contribution in [0.1, 0.15) is 13.3 Å². The van der Waals surface area contributed by atoms with Crippen LogP contribution in [0, 0.1) is 0 Å². The van der Waals surface area contributed by atoms with Crippen LogP contribution in [0.3, 0.4) is 0 Å². The Hall–Kier alpha value is -0.890. The van der Waals surface area contributed by atoms with E-state index in [1.807, 2.05) is 6.92 Å². The molecule has 7 heteroatoms. The van der Waals surface area contributed by atoms with Gasteiger partial charge in [0.15, 0.2) is 0 Å². The van der Waals surface area contributed by atoms with Gasteiger partial charge in [-0.1, -0.05) is 0 Å². The van der Waals surface area contributed by atoms with E-state index in [9.17, 15) is 0 Å². The maximum absolute atomic E-state index is 5.62. The van der Waals surface area contributed by atoms with Crippen LogP contribution in [-0.4, -0.2) is 81.0 Å². The second kappa shape index (κ2) is 7.78. The topological polar surface area (TPSA) is 75.4 Å². The fraction of sp³-hybridized carbons (Fsp3) is 0.923. The lowest BCUT2D eigenvalue weighted by molar-refractivity contribution is 0.0194. The van der Waals surface area contributed by atoms with Gasteiger partial charge < -0.3 is 14.4 Å². The summed E-state index contributed by atoms with van der Waals surface area (Å²) in [4.78, 5) is 9.32. The molecule has 2 saturated heterocycles. The predicted molar refractivity (Wildman–Crippen MR) is 78.5 cm³/mol. The average molecular weight is 285 g/mol. The van der Waals surface area contributed by atoms with E-state index in [0.717, 1.165) is 51.8 Å². The van der Waals surface area contributed by atoms with Gasteiger partial charge in [-0.15, -0.1) is 0 Å². The minimum atomic E-state index is 0.105. The molecule has 0 aromatic heterocycles. The van der Waals surface area contributed by atoms with Crippen molar-refractivity contribution >= 4 is 5.96 Å². The van der Waals surface area contributed by atoms with Gasteiger partial charge in [0.05, 0.1) is 25.9 Å². The van der Waals surface area contributed by atoms with Gasteiger partial charge in [-0.3, -0.25) is 10.3 Å². The van der Waals surface area contributed by atoms with Crippen LogP contribution >= 0.6 is 0 Å². The molecule has 0 spiro atoms. The van der Waals surface area contributed by atoms with Crippen molar-refractivity contribution in [3.63, 3.8) is 0 Å². The van der Waals surface area contributed by atoms with E-state index in [1.165, 1.54) is 0 Å². The highest BCUT2D eigenvalue weighted by Gasteiger charge is 2.30. The number of nitrogens with two attached hydrogens (primary N) is 1. The van der Waals surface area contributed by atoms with Crippen LogP contribution in [0.5, 0.6) is 0 Å². The highest BCUT2D eigenvalue weighted by atomic mass is 16.5. The summed E-state index contributed by atoms with van der Waals surface area (Å²) < 4.78 is 10.5. The smallest absolute Gasteiger partial charge is 0.208 e. The molecule has 0 aromatic rings. The molecular weight excluding hydrogens is 258 g/mol. The van der Waals surface area contributed by atoms with Gasteiger partial charge in [0.1, 0.15) is 0 Å². The van der Waals surface area contributed by atoms with Crippen molar-refractivity contribution in [3.05, 3.63) is 0 Å². The molecule has 2 atom stereocenters. The molecule has 20 heavy (non-hydrogen) atoms. The highest BCUT2D eigenvalue weighted by molar-refractivity contribution is 5.79. The lowest BCUT2D eigenvalue weighted by Crippen LogP contribution is -2.48. The van der Waals surface area contributed by atoms with E-state index < -0.39 is 0 Å². The number of guanidine groups is 1. The first-order valence-corrected chi connectivity index (χ1v) is 7.34. The monoisotopic (exact) mass is 285 g/mol. The Morgan fingerprint density at radius 1 is 1.45 bits per heavy atom. The fourth-order valence-electron chi connectivity index (χ4n) is 2.87. The van der Waals surface area contributed by atoms with Crippen LogP contribution in [0.15, 0.2) is 4.99 Å². The Bertz CT molecular complexity index is 320. The van der Waals surface area contributed by atoms with Crippen LogP contribution in [0.4, 0.5) is 0 Å². The molecule has 2 unspecified atom stereocenters. The summed E-state index contributed by atoms with van der Waals surface area (Å²) in [7, 11) is 1.69. The number of nitrogens with one attached hydrogen (secondary N) is 1. The van der Waals surface area contributed by atoms with Crippen molar-refractivity contribution in [1.29, 1.82) is 0 Å². The molecular formula is C13H27N5O2. The Balaban J connectivity index is 1.89. The zero-order valence-corrected chi connectivity index (χ0v) is 12.5.